The summed E-state index contributed by atoms with van der Waals surface area (Å²) in [6.45, 7) is 6.29. The highest BCUT2D eigenvalue weighted by molar-refractivity contribution is 5.95. The number of nitrogens with zero attached hydrogens (tertiary/aromatic N) is 2. The summed E-state index contributed by atoms with van der Waals surface area (Å²) >= 11 is 0. The van der Waals surface area contributed by atoms with Crippen molar-refractivity contribution in [2.75, 3.05) is 24.5 Å². The average Bonchev–Trinajstić information content (AvgIpc) is 3.07. The fourth-order valence-corrected chi connectivity index (χ4v) is 3.93. The molecule has 0 unspecified atom stereocenters. The summed E-state index contributed by atoms with van der Waals surface area (Å²) in [6.07, 6.45) is 0. The van der Waals surface area contributed by atoms with Crippen LogP contribution in [0.2, 0.25) is 0 Å². The minimum Gasteiger partial charge on any atom is -0.360 e. The summed E-state index contributed by atoms with van der Waals surface area (Å²) in [5, 5.41) is 5.86. The van der Waals surface area contributed by atoms with Crippen LogP contribution in [-0.4, -0.2) is 36.0 Å². The first-order chi connectivity index (χ1) is 14.5. The van der Waals surface area contributed by atoms with E-state index in [2.05, 4.69) is 20.1 Å². The highest BCUT2D eigenvalue weighted by atomic mass is 16.2. The number of benzene rings is 2. The molecule has 0 saturated carbocycles. The fraction of sp³-hybridized carbons (Fsp3) is 0.250. The number of rotatable bonds is 5. The molecule has 1 fully saturated rings. The molecule has 6 nitrogen and oxygen atoms in total. The maximum atomic E-state index is 12.8. The SMILES string of the molecule is Cc1cc(C(=O)NCc2ccc(N3CCNC(=O)C3)cc2)c(C)n1-c1ccccc1. The number of hydrogen-bond donors (Lipinski definition) is 2. The van der Waals surface area contributed by atoms with E-state index < -0.39 is 0 Å². The van der Waals surface area contributed by atoms with Gasteiger partial charge in [-0.25, -0.2) is 0 Å². The van der Waals surface area contributed by atoms with Gasteiger partial charge in [0.1, 0.15) is 0 Å². The molecular formula is C24H26N4O2. The van der Waals surface area contributed by atoms with Gasteiger partial charge < -0.3 is 20.1 Å². The number of anilines is 1. The summed E-state index contributed by atoms with van der Waals surface area (Å²) in [5.41, 5.74) is 5.73. The molecule has 4 rings (SSSR count). The number of carbonyl (C=O) groups is 2. The zero-order valence-corrected chi connectivity index (χ0v) is 17.3. The number of carbonyl (C=O) groups excluding carboxylic acids is 2. The molecule has 154 valence electrons. The molecule has 6 heteroatoms. The molecule has 0 bridgehead atoms. The molecule has 3 aromatic rings. The Balaban J connectivity index is 1.42. The topological polar surface area (TPSA) is 66.4 Å². The Morgan fingerprint density at radius 2 is 1.77 bits per heavy atom. The Morgan fingerprint density at radius 1 is 1.03 bits per heavy atom. The van der Waals surface area contributed by atoms with Gasteiger partial charge in [-0.2, -0.15) is 0 Å². The van der Waals surface area contributed by atoms with E-state index in [9.17, 15) is 9.59 Å². The first kappa shape index (κ1) is 19.8. The first-order valence-corrected chi connectivity index (χ1v) is 10.2. The minimum absolute atomic E-state index is 0.0469. The summed E-state index contributed by atoms with van der Waals surface area (Å²) in [6, 6.07) is 20.0. The van der Waals surface area contributed by atoms with E-state index in [1.165, 1.54) is 0 Å². The number of amides is 2. The van der Waals surface area contributed by atoms with Gasteiger partial charge in [0.2, 0.25) is 5.91 Å². The number of aromatic nitrogens is 1. The minimum atomic E-state index is -0.0814. The molecule has 0 aliphatic carbocycles. The van der Waals surface area contributed by atoms with Crippen LogP contribution in [0.5, 0.6) is 0 Å². The van der Waals surface area contributed by atoms with Crippen molar-refractivity contribution >= 4 is 17.5 Å². The highest BCUT2D eigenvalue weighted by Crippen LogP contribution is 2.21. The molecule has 1 saturated heterocycles. The molecular weight excluding hydrogens is 376 g/mol. The van der Waals surface area contributed by atoms with Crippen LogP contribution in [-0.2, 0) is 11.3 Å². The molecule has 1 aliphatic heterocycles. The average molecular weight is 402 g/mol. The van der Waals surface area contributed by atoms with Crippen LogP contribution >= 0.6 is 0 Å². The lowest BCUT2D eigenvalue weighted by Gasteiger charge is -2.28. The summed E-state index contributed by atoms with van der Waals surface area (Å²) in [5.74, 6) is -0.0345. The molecule has 2 heterocycles. The normalized spacial score (nSPS) is 13.8. The van der Waals surface area contributed by atoms with Gasteiger partial charge in [0, 0.05) is 42.4 Å². The zero-order chi connectivity index (χ0) is 21.1. The van der Waals surface area contributed by atoms with Crippen molar-refractivity contribution < 1.29 is 9.59 Å². The predicted octanol–water partition coefficient (Wildman–Crippen LogP) is 2.96. The van der Waals surface area contributed by atoms with Crippen LogP contribution in [0, 0.1) is 13.8 Å². The molecule has 0 radical (unpaired) electrons. The second-order valence-electron chi connectivity index (χ2n) is 7.58. The summed E-state index contributed by atoms with van der Waals surface area (Å²) in [4.78, 5) is 26.4. The largest absolute Gasteiger partial charge is 0.360 e. The number of hydrogen-bond acceptors (Lipinski definition) is 3. The Hall–Kier alpha value is -3.54. The van der Waals surface area contributed by atoms with E-state index in [4.69, 9.17) is 0 Å². The maximum Gasteiger partial charge on any atom is 0.253 e. The molecule has 0 spiro atoms. The lowest BCUT2D eigenvalue weighted by molar-refractivity contribution is -0.120. The number of nitrogens with one attached hydrogen (secondary N) is 2. The van der Waals surface area contributed by atoms with Crippen molar-refractivity contribution in [3.8, 4) is 5.69 Å². The Kier molecular flexibility index (Phi) is 5.57. The molecule has 2 N–H and O–H groups in total. The van der Waals surface area contributed by atoms with Gasteiger partial charge in [0.05, 0.1) is 12.1 Å². The van der Waals surface area contributed by atoms with Gasteiger partial charge in [-0.05, 0) is 49.7 Å². The highest BCUT2D eigenvalue weighted by Gasteiger charge is 2.18. The van der Waals surface area contributed by atoms with E-state index in [1.54, 1.807) is 0 Å². The second kappa shape index (κ2) is 8.45. The molecule has 1 aromatic heterocycles. The quantitative estimate of drug-likeness (QED) is 0.690. The van der Waals surface area contributed by atoms with E-state index in [-0.39, 0.29) is 11.8 Å². The van der Waals surface area contributed by atoms with Gasteiger partial charge in [-0.3, -0.25) is 9.59 Å². The summed E-state index contributed by atoms with van der Waals surface area (Å²) < 4.78 is 2.10. The molecule has 2 aromatic carbocycles. The number of piperazine rings is 1. The maximum absolute atomic E-state index is 12.8. The van der Waals surface area contributed by atoms with E-state index in [0.29, 0.717) is 25.2 Å². The van der Waals surface area contributed by atoms with Crippen LogP contribution in [0.3, 0.4) is 0 Å². The molecule has 30 heavy (non-hydrogen) atoms. The molecule has 0 atom stereocenters. The smallest absolute Gasteiger partial charge is 0.253 e. The van der Waals surface area contributed by atoms with E-state index in [1.807, 2.05) is 74.5 Å². The fourth-order valence-electron chi connectivity index (χ4n) is 3.93. The van der Waals surface area contributed by atoms with Crippen LogP contribution in [0.25, 0.3) is 5.69 Å². The van der Waals surface area contributed by atoms with Crippen molar-refractivity contribution in [3.05, 3.63) is 83.2 Å². The lowest BCUT2D eigenvalue weighted by Crippen LogP contribution is -2.47. The first-order valence-electron chi connectivity index (χ1n) is 10.2. The summed E-state index contributed by atoms with van der Waals surface area (Å²) in [7, 11) is 0. The second-order valence-corrected chi connectivity index (χ2v) is 7.58. The van der Waals surface area contributed by atoms with Crippen molar-refractivity contribution in [2.24, 2.45) is 0 Å². The Morgan fingerprint density at radius 3 is 2.47 bits per heavy atom. The number of aryl methyl sites for hydroxylation is 1. The van der Waals surface area contributed by atoms with Gasteiger partial charge in [0.15, 0.2) is 0 Å². The molecule has 1 aliphatic rings. The van der Waals surface area contributed by atoms with Crippen molar-refractivity contribution in [3.63, 3.8) is 0 Å². The van der Waals surface area contributed by atoms with Crippen LogP contribution in [0.4, 0.5) is 5.69 Å². The third-order valence-electron chi connectivity index (χ3n) is 5.48. The van der Waals surface area contributed by atoms with Gasteiger partial charge in [0.25, 0.3) is 5.91 Å². The zero-order valence-electron chi connectivity index (χ0n) is 17.3. The van der Waals surface area contributed by atoms with Crippen molar-refractivity contribution in [1.82, 2.24) is 15.2 Å². The molecule has 2 amide bonds. The third kappa shape index (κ3) is 4.08. The monoisotopic (exact) mass is 402 g/mol. The van der Waals surface area contributed by atoms with E-state index in [0.717, 1.165) is 34.9 Å². The lowest BCUT2D eigenvalue weighted by atomic mass is 10.1. The van der Waals surface area contributed by atoms with Crippen LogP contribution < -0.4 is 15.5 Å². The number of para-hydroxylation sites is 1. The van der Waals surface area contributed by atoms with Gasteiger partial charge in [-0.1, -0.05) is 30.3 Å². The standard InChI is InChI=1S/C24H26N4O2/c1-17-14-22(18(2)28(17)21-6-4-3-5-7-21)24(30)26-15-19-8-10-20(11-9-19)27-13-12-25-23(29)16-27/h3-11,14H,12-13,15-16H2,1-2H3,(H,25,29)(H,26,30). The van der Waals surface area contributed by atoms with Crippen LogP contribution in [0.15, 0.2) is 60.7 Å². The third-order valence-corrected chi connectivity index (χ3v) is 5.48. The van der Waals surface area contributed by atoms with E-state index >= 15 is 0 Å². The van der Waals surface area contributed by atoms with Gasteiger partial charge >= 0.3 is 0 Å². The van der Waals surface area contributed by atoms with Gasteiger partial charge in [-0.15, -0.1) is 0 Å². The Bertz CT molecular complexity index is 1050. The van der Waals surface area contributed by atoms with Crippen molar-refractivity contribution in [2.45, 2.75) is 20.4 Å². The Labute approximate surface area is 176 Å². The van der Waals surface area contributed by atoms with Crippen LogP contribution in [0.1, 0.15) is 27.3 Å². The van der Waals surface area contributed by atoms with Crippen molar-refractivity contribution in [1.29, 1.82) is 0 Å². The predicted molar refractivity (Wildman–Crippen MR) is 118 cm³/mol.